The van der Waals surface area contributed by atoms with Gasteiger partial charge >= 0.3 is 0 Å². The van der Waals surface area contributed by atoms with E-state index in [1.807, 2.05) is 30.3 Å². The van der Waals surface area contributed by atoms with Crippen molar-refractivity contribution in [1.29, 1.82) is 0 Å². The Morgan fingerprint density at radius 1 is 1.12 bits per heavy atom. The third-order valence-electron chi connectivity index (χ3n) is 3.29. The van der Waals surface area contributed by atoms with Crippen molar-refractivity contribution < 1.29 is 4.79 Å². The average Bonchev–Trinajstić information content (AvgIpc) is 2.61. The van der Waals surface area contributed by atoms with Crippen molar-refractivity contribution in [2.75, 3.05) is 5.32 Å². The second-order valence-corrected chi connectivity index (χ2v) is 6.68. The second-order valence-electron chi connectivity index (χ2n) is 5.18. The number of halogens is 1. The molecule has 0 unspecified atom stereocenters. The largest absolute Gasteiger partial charge is 0.326 e. The van der Waals surface area contributed by atoms with Crippen molar-refractivity contribution in [2.45, 2.75) is 16.7 Å². The van der Waals surface area contributed by atoms with E-state index in [1.165, 1.54) is 23.4 Å². The molecule has 0 radical (unpaired) electrons. The average molecular weight is 372 g/mol. The molecule has 3 aromatic rings. The summed E-state index contributed by atoms with van der Waals surface area (Å²) in [5.74, 6) is -0.128. The molecule has 0 atom stereocenters. The highest BCUT2D eigenvalue weighted by atomic mass is 35.5. The predicted molar refractivity (Wildman–Crippen MR) is 99.7 cm³/mol. The Labute approximate surface area is 153 Å². The fourth-order valence-corrected chi connectivity index (χ4v) is 3.23. The number of para-hydroxylation sites is 1. The van der Waals surface area contributed by atoms with Crippen LogP contribution in [0.5, 0.6) is 0 Å². The standard InChI is InChI=1S/C18H14ClN3O2S/c1-12(23)21-13-7-9-15(10-8-13)25-16-11-20-22(18(24)17(16)19)14-5-3-2-4-6-14/h2-11H,1H3,(H,21,23). The van der Waals surface area contributed by atoms with Gasteiger partial charge in [0.1, 0.15) is 5.02 Å². The van der Waals surface area contributed by atoms with E-state index in [0.717, 1.165) is 4.90 Å². The van der Waals surface area contributed by atoms with Gasteiger partial charge in [-0.15, -0.1) is 0 Å². The Bertz CT molecular complexity index is 956. The van der Waals surface area contributed by atoms with E-state index >= 15 is 0 Å². The summed E-state index contributed by atoms with van der Waals surface area (Å²) in [6, 6.07) is 16.4. The number of nitrogens with zero attached hydrogens (tertiary/aromatic N) is 2. The van der Waals surface area contributed by atoms with Crippen molar-refractivity contribution >= 4 is 35.0 Å². The van der Waals surface area contributed by atoms with Gasteiger partial charge in [-0.3, -0.25) is 9.59 Å². The van der Waals surface area contributed by atoms with Crippen LogP contribution in [0.15, 0.2) is 75.4 Å². The van der Waals surface area contributed by atoms with Gasteiger partial charge in [-0.25, -0.2) is 0 Å². The van der Waals surface area contributed by atoms with Gasteiger partial charge in [-0.1, -0.05) is 41.6 Å². The summed E-state index contributed by atoms with van der Waals surface area (Å²) in [6.45, 7) is 1.45. The molecule has 0 aliphatic rings. The van der Waals surface area contributed by atoms with E-state index in [4.69, 9.17) is 11.6 Å². The van der Waals surface area contributed by atoms with Crippen LogP contribution in [0.4, 0.5) is 5.69 Å². The second kappa shape index (κ2) is 7.55. The molecule has 0 aliphatic heterocycles. The Balaban J connectivity index is 1.85. The number of nitrogens with one attached hydrogen (secondary N) is 1. The molecule has 25 heavy (non-hydrogen) atoms. The molecule has 2 aromatic carbocycles. The van der Waals surface area contributed by atoms with E-state index in [1.54, 1.807) is 30.5 Å². The lowest BCUT2D eigenvalue weighted by molar-refractivity contribution is -0.114. The molecule has 1 heterocycles. The third kappa shape index (κ3) is 4.10. The van der Waals surface area contributed by atoms with E-state index in [-0.39, 0.29) is 16.5 Å². The molecule has 126 valence electrons. The number of hydrogen-bond acceptors (Lipinski definition) is 4. The van der Waals surface area contributed by atoms with E-state index in [9.17, 15) is 9.59 Å². The summed E-state index contributed by atoms with van der Waals surface area (Å²) < 4.78 is 1.27. The van der Waals surface area contributed by atoms with E-state index in [0.29, 0.717) is 16.3 Å². The first kappa shape index (κ1) is 17.3. The molecule has 0 fully saturated rings. The minimum absolute atomic E-state index is 0.120. The molecule has 0 aliphatic carbocycles. The zero-order chi connectivity index (χ0) is 17.8. The molecular formula is C18H14ClN3O2S. The predicted octanol–water partition coefficient (Wildman–Crippen LogP) is 4.00. The Kier molecular flexibility index (Phi) is 5.21. The molecule has 0 saturated carbocycles. The molecule has 7 heteroatoms. The number of amides is 1. The maximum Gasteiger partial charge on any atom is 0.291 e. The Morgan fingerprint density at radius 3 is 2.44 bits per heavy atom. The lowest BCUT2D eigenvalue weighted by Crippen LogP contribution is -2.21. The van der Waals surface area contributed by atoms with Crippen molar-refractivity contribution in [3.63, 3.8) is 0 Å². The molecule has 0 spiro atoms. The van der Waals surface area contributed by atoms with Gasteiger partial charge in [0.05, 0.1) is 16.8 Å². The number of hydrogen-bond donors (Lipinski definition) is 1. The Hall–Kier alpha value is -2.57. The lowest BCUT2D eigenvalue weighted by atomic mass is 10.3. The van der Waals surface area contributed by atoms with Crippen LogP contribution in [-0.2, 0) is 4.79 Å². The minimum Gasteiger partial charge on any atom is -0.326 e. The summed E-state index contributed by atoms with van der Waals surface area (Å²) in [6.07, 6.45) is 1.57. The zero-order valence-corrected chi connectivity index (χ0v) is 14.8. The van der Waals surface area contributed by atoms with Crippen LogP contribution in [0.25, 0.3) is 5.69 Å². The molecule has 1 N–H and O–H groups in total. The molecule has 0 saturated heterocycles. The fraction of sp³-hybridized carbons (Fsp3) is 0.0556. The van der Waals surface area contributed by atoms with Gasteiger partial charge in [0.15, 0.2) is 0 Å². The SMILES string of the molecule is CC(=O)Nc1ccc(Sc2cnn(-c3ccccc3)c(=O)c2Cl)cc1. The molecule has 1 amide bonds. The van der Waals surface area contributed by atoms with Gasteiger partial charge in [-0.2, -0.15) is 9.78 Å². The number of anilines is 1. The summed E-state index contributed by atoms with van der Waals surface area (Å²) >= 11 is 7.59. The molecule has 1 aromatic heterocycles. The first-order chi connectivity index (χ1) is 12.0. The first-order valence-electron chi connectivity index (χ1n) is 7.43. The van der Waals surface area contributed by atoms with Crippen LogP contribution in [0.3, 0.4) is 0 Å². The Morgan fingerprint density at radius 2 is 1.80 bits per heavy atom. The maximum absolute atomic E-state index is 12.5. The first-order valence-corrected chi connectivity index (χ1v) is 8.63. The van der Waals surface area contributed by atoms with Crippen LogP contribution in [-0.4, -0.2) is 15.7 Å². The van der Waals surface area contributed by atoms with Crippen LogP contribution in [0.1, 0.15) is 6.92 Å². The van der Waals surface area contributed by atoms with Gasteiger partial charge in [0, 0.05) is 17.5 Å². The van der Waals surface area contributed by atoms with Gasteiger partial charge in [0.2, 0.25) is 5.91 Å². The summed E-state index contributed by atoms with van der Waals surface area (Å²) in [5.41, 5.74) is 0.999. The topological polar surface area (TPSA) is 64.0 Å². The van der Waals surface area contributed by atoms with Crippen LogP contribution < -0.4 is 10.9 Å². The highest BCUT2D eigenvalue weighted by molar-refractivity contribution is 7.99. The number of carbonyl (C=O) groups is 1. The van der Waals surface area contributed by atoms with Crippen LogP contribution in [0.2, 0.25) is 5.02 Å². The third-order valence-corrected chi connectivity index (χ3v) is 4.80. The van der Waals surface area contributed by atoms with E-state index in [2.05, 4.69) is 10.4 Å². The van der Waals surface area contributed by atoms with Gasteiger partial charge in [0.25, 0.3) is 5.56 Å². The van der Waals surface area contributed by atoms with Crippen molar-refractivity contribution in [3.05, 3.63) is 76.2 Å². The smallest absolute Gasteiger partial charge is 0.291 e. The van der Waals surface area contributed by atoms with Crippen molar-refractivity contribution in [1.82, 2.24) is 9.78 Å². The highest BCUT2D eigenvalue weighted by Gasteiger charge is 2.12. The molecule has 3 rings (SSSR count). The van der Waals surface area contributed by atoms with Crippen LogP contribution >= 0.6 is 23.4 Å². The zero-order valence-electron chi connectivity index (χ0n) is 13.3. The van der Waals surface area contributed by atoms with Crippen LogP contribution in [0, 0.1) is 0 Å². The number of benzene rings is 2. The minimum atomic E-state index is -0.368. The number of carbonyl (C=O) groups excluding carboxylic acids is 1. The highest BCUT2D eigenvalue weighted by Crippen LogP contribution is 2.31. The van der Waals surface area contributed by atoms with Gasteiger partial charge < -0.3 is 5.32 Å². The van der Waals surface area contributed by atoms with Gasteiger partial charge in [-0.05, 0) is 36.4 Å². The van der Waals surface area contributed by atoms with Crippen molar-refractivity contribution in [3.8, 4) is 5.69 Å². The molecular weight excluding hydrogens is 358 g/mol. The summed E-state index contributed by atoms with van der Waals surface area (Å²) in [4.78, 5) is 25.0. The monoisotopic (exact) mass is 371 g/mol. The molecule has 5 nitrogen and oxygen atoms in total. The quantitative estimate of drug-likeness (QED) is 0.753. The summed E-state index contributed by atoms with van der Waals surface area (Å²) in [5, 5.41) is 7.03. The number of aromatic nitrogens is 2. The van der Waals surface area contributed by atoms with E-state index < -0.39 is 0 Å². The lowest BCUT2D eigenvalue weighted by Gasteiger charge is -2.08. The fourth-order valence-electron chi connectivity index (χ4n) is 2.18. The van der Waals surface area contributed by atoms with Crippen molar-refractivity contribution in [2.24, 2.45) is 0 Å². The molecule has 0 bridgehead atoms. The summed E-state index contributed by atoms with van der Waals surface area (Å²) in [7, 11) is 0. The number of rotatable bonds is 4. The normalized spacial score (nSPS) is 10.5. The maximum atomic E-state index is 12.5.